The molecule has 3 rings (SSSR count). The summed E-state index contributed by atoms with van der Waals surface area (Å²) in [7, 11) is 0. The Kier molecular flexibility index (Phi) is 3.27. The highest BCUT2D eigenvalue weighted by Gasteiger charge is 2.05. The summed E-state index contributed by atoms with van der Waals surface area (Å²) in [4.78, 5) is 4.49. The van der Waals surface area contributed by atoms with Gasteiger partial charge in [0.15, 0.2) is 0 Å². The number of nitrogens with two attached hydrogens (primary N) is 1. The minimum absolute atomic E-state index is 0.445. The number of halogens is 1. The van der Waals surface area contributed by atoms with Crippen LogP contribution in [0.5, 0.6) is 5.75 Å². The summed E-state index contributed by atoms with van der Waals surface area (Å²) in [6.07, 6.45) is 0. The van der Waals surface area contributed by atoms with Crippen molar-refractivity contribution in [2.75, 3.05) is 5.73 Å². The Morgan fingerprint density at radius 2 is 1.95 bits per heavy atom. The van der Waals surface area contributed by atoms with Crippen molar-refractivity contribution in [3.8, 4) is 5.75 Å². The van der Waals surface area contributed by atoms with E-state index in [0.29, 0.717) is 11.6 Å². The van der Waals surface area contributed by atoms with E-state index >= 15 is 0 Å². The average Bonchev–Trinajstić information content (AvgIpc) is 2.80. The minimum Gasteiger partial charge on any atom is -0.486 e. The van der Waals surface area contributed by atoms with Crippen LogP contribution in [0.3, 0.4) is 0 Å². The fraction of sp³-hybridized carbons (Fsp3) is 0.0714. The Morgan fingerprint density at radius 1 is 1.16 bits per heavy atom. The van der Waals surface area contributed by atoms with E-state index in [1.807, 2.05) is 42.5 Å². The molecule has 1 heterocycles. The molecule has 0 bridgehead atoms. The predicted molar refractivity (Wildman–Crippen MR) is 79.8 cm³/mol. The molecule has 0 radical (unpaired) electrons. The Labute approximate surface area is 119 Å². The highest BCUT2D eigenvalue weighted by atomic mass is 35.5. The second kappa shape index (κ2) is 5.07. The lowest BCUT2D eigenvalue weighted by Gasteiger charge is -2.03. The van der Waals surface area contributed by atoms with Crippen molar-refractivity contribution in [1.29, 1.82) is 0 Å². The molecule has 0 aliphatic rings. The molecule has 0 aliphatic carbocycles. The van der Waals surface area contributed by atoms with Gasteiger partial charge < -0.3 is 10.5 Å². The smallest absolute Gasteiger partial charge is 0.140 e. The number of benzene rings is 2. The summed E-state index contributed by atoms with van der Waals surface area (Å²) >= 11 is 7.55. The number of thiazole rings is 1. The van der Waals surface area contributed by atoms with Crippen LogP contribution in [0.2, 0.25) is 5.02 Å². The summed E-state index contributed by atoms with van der Waals surface area (Å²) < 4.78 is 6.78. The van der Waals surface area contributed by atoms with Crippen LogP contribution in [0, 0.1) is 0 Å². The van der Waals surface area contributed by atoms with Gasteiger partial charge in [-0.15, -0.1) is 11.3 Å². The molecule has 3 nitrogen and oxygen atoms in total. The predicted octanol–water partition coefficient (Wildman–Crippen LogP) is 4.11. The number of nitrogens with zero attached hydrogens (tertiary/aromatic N) is 1. The molecule has 0 unspecified atom stereocenters. The summed E-state index contributed by atoms with van der Waals surface area (Å²) in [5, 5.41) is 1.62. The van der Waals surface area contributed by atoms with Crippen LogP contribution in [0.1, 0.15) is 5.01 Å². The fourth-order valence-corrected chi connectivity index (χ4v) is 2.75. The van der Waals surface area contributed by atoms with Gasteiger partial charge in [0, 0.05) is 10.7 Å². The van der Waals surface area contributed by atoms with Crippen molar-refractivity contribution in [2.45, 2.75) is 6.61 Å². The standard InChI is InChI=1S/C14H11ClN2OS/c15-9-1-6-13-12(7-9)17-14(19-13)8-18-11-4-2-10(16)3-5-11/h1-7H,8,16H2. The average molecular weight is 291 g/mol. The summed E-state index contributed by atoms with van der Waals surface area (Å²) in [5.41, 5.74) is 7.26. The van der Waals surface area contributed by atoms with Gasteiger partial charge >= 0.3 is 0 Å². The van der Waals surface area contributed by atoms with Gasteiger partial charge in [0.2, 0.25) is 0 Å². The first-order valence-corrected chi connectivity index (χ1v) is 6.93. The van der Waals surface area contributed by atoms with Crippen LogP contribution in [-0.2, 0) is 6.61 Å². The zero-order chi connectivity index (χ0) is 13.2. The van der Waals surface area contributed by atoms with Gasteiger partial charge in [0.1, 0.15) is 17.4 Å². The molecule has 96 valence electrons. The van der Waals surface area contributed by atoms with Gasteiger partial charge in [-0.3, -0.25) is 0 Å². The van der Waals surface area contributed by atoms with E-state index in [1.54, 1.807) is 11.3 Å². The Balaban J connectivity index is 1.76. The summed E-state index contributed by atoms with van der Waals surface area (Å²) in [6, 6.07) is 13.0. The lowest BCUT2D eigenvalue weighted by atomic mass is 10.3. The largest absolute Gasteiger partial charge is 0.486 e. The topological polar surface area (TPSA) is 48.1 Å². The van der Waals surface area contributed by atoms with E-state index in [-0.39, 0.29) is 0 Å². The van der Waals surface area contributed by atoms with E-state index in [1.165, 1.54) is 0 Å². The van der Waals surface area contributed by atoms with Gasteiger partial charge in [0.05, 0.1) is 10.2 Å². The Hall–Kier alpha value is -1.78. The number of ether oxygens (including phenoxy) is 1. The molecule has 5 heteroatoms. The quantitative estimate of drug-likeness (QED) is 0.738. The molecule has 0 saturated heterocycles. The maximum atomic E-state index is 5.94. The number of hydrogen-bond donors (Lipinski definition) is 1. The molecule has 0 fully saturated rings. The number of hydrogen-bond acceptors (Lipinski definition) is 4. The molecule has 0 saturated carbocycles. The zero-order valence-corrected chi connectivity index (χ0v) is 11.5. The van der Waals surface area contributed by atoms with E-state index in [4.69, 9.17) is 22.1 Å². The SMILES string of the molecule is Nc1ccc(OCc2nc3cc(Cl)ccc3s2)cc1. The van der Waals surface area contributed by atoms with Gasteiger partial charge in [-0.05, 0) is 42.5 Å². The molecule has 0 amide bonds. The van der Waals surface area contributed by atoms with Gasteiger partial charge in [-0.2, -0.15) is 0 Å². The van der Waals surface area contributed by atoms with Gasteiger partial charge in [0.25, 0.3) is 0 Å². The van der Waals surface area contributed by atoms with Crippen LogP contribution in [0.25, 0.3) is 10.2 Å². The highest BCUT2D eigenvalue weighted by molar-refractivity contribution is 7.18. The van der Waals surface area contributed by atoms with Crippen molar-refractivity contribution in [1.82, 2.24) is 4.98 Å². The first-order chi connectivity index (χ1) is 9.20. The van der Waals surface area contributed by atoms with E-state index < -0.39 is 0 Å². The fourth-order valence-electron chi connectivity index (χ4n) is 1.72. The molecule has 0 atom stereocenters. The van der Waals surface area contributed by atoms with Crippen molar-refractivity contribution in [3.63, 3.8) is 0 Å². The third kappa shape index (κ3) is 2.80. The second-order valence-electron chi connectivity index (χ2n) is 4.08. The molecule has 1 aromatic heterocycles. The minimum atomic E-state index is 0.445. The van der Waals surface area contributed by atoms with Crippen LogP contribution < -0.4 is 10.5 Å². The lowest BCUT2D eigenvalue weighted by Crippen LogP contribution is -1.94. The number of rotatable bonds is 3. The van der Waals surface area contributed by atoms with E-state index in [0.717, 1.165) is 26.7 Å². The van der Waals surface area contributed by atoms with Crippen molar-refractivity contribution < 1.29 is 4.74 Å². The molecular weight excluding hydrogens is 280 g/mol. The van der Waals surface area contributed by atoms with E-state index in [9.17, 15) is 0 Å². The van der Waals surface area contributed by atoms with Crippen LogP contribution >= 0.6 is 22.9 Å². The molecule has 0 aliphatic heterocycles. The Morgan fingerprint density at radius 3 is 2.74 bits per heavy atom. The number of fused-ring (bicyclic) bond motifs is 1. The molecule has 2 N–H and O–H groups in total. The highest BCUT2D eigenvalue weighted by Crippen LogP contribution is 2.26. The molecular formula is C14H11ClN2OS. The monoisotopic (exact) mass is 290 g/mol. The second-order valence-corrected chi connectivity index (χ2v) is 5.63. The lowest BCUT2D eigenvalue weighted by molar-refractivity contribution is 0.306. The molecule has 0 spiro atoms. The number of anilines is 1. The van der Waals surface area contributed by atoms with Crippen LogP contribution in [0.4, 0.5) is 5.69 Å². The normalized spacial score (nSPS) is 10.8. The van der Waals surface area contributed by atoms with Crippen LogP contribution in [0.15, 0.2) is 42.5 Å². The number of nitrogen functional groups attached to an aromatic ring is 1. The number of aromatic nitrogens is 1. The maximum Gasteiger partial charge on any atom is 0.140 e. The van der Waals surface area contributed by atoms with Crippen LogP contribution in [-0.4, -0.2) is 4.98 Å². The molecule has 3 aromatic rings. The summed E-state index contributed by atoms with van der Waals surface area (Å²) in [6.45, 7) is 0.445. The van der Waals surface area contributed by atoms with Gasteiger partial charge in [-0.25, -0.2) is 4.98 Å². The molecule has 2 aromatic carbocycles. The van der Waals surface area contributed by atoms with Gasteiger partial charge in [-0.1, -0.05) is 11.6 Å². The molecule has 19 heavy (non-hydrogen) atoms. The maximum absolute atomic E-state index is 5.94. The first kappa shape index (κ1) is 12.3. The zero-order valence-electron chi connectivity index (χ0n) is 9.97. The third-order valence-corrected chi connectivity index (χ3v) is 3.88. The van der Waals surface area contributed by atoms with Crippen molar-refractivity contribution in [3.05, 3.63) is 52.5 Å². The first-order valence-electron chi connectivity index (χ1n) is 5.74. The van der Waals surface area contributed by atoms with Crippen molar-refractivity contribution in [2.24, 2.45) is 0 Å². The Bertz CT molecular complexity index is 709. The van der Waals surface area contributed by atoms with E-state index in [2.05, 4.69) is 4.98 Å². The van der Waals surface area contributed by atoms with Crippen molar-refractivity contribution >= 4 is 38.8 Å². The third-order valence-electron chi connectivity index (χ3n) is 2.64. The summed E-state index contributed by atoms with van der Waals surface area (Å²) in [5.74, 6) is 0.784.